The van der Waals surface area contributed by atoms with Crippen LogP contribution in [0.3, 0.4) is 0 Å². The van der Waals surface area contributed by atoms with Crippen molar-refractivity contribution >= 4 is 11.8 Å². The van der Waals surface area contributed by atoms with E-state index in [2.05, 4.69) is 31.2 Å². The van der Waals surface area contributed by atoms with Crippen LogP contribution in [0.2, 0.25) is 0 Å². The van der Waals surface area contributed by atoms with E-state index in [1.165, 1.54) is 11.1 Å². The molecule has 90 valence electrons. The number of aryl methyl sites for hydroxylation is 1. The Hall–Kier alpha value is -0.510. The molecule has 0 aliphatic rings. The fourth-order valence-corrected chi connectivity index (χ4v) is 2.70. The zero-order chi connectivity index (χ0) is 12.1. The number of thioether (sulfide) groups is 1. The number of hydrogen-bond donors (Lipinski definition) is 2. The number of aliphatic hydroxyl groups excluding tert-OH is 1. The second kappa shape index (κ2) is 6.28. The molecule has 2 nitrogen and oxygen atoms in total. The summed E-state index contributed by atoms with van der Waals surface area (Å²) in [7, 11) is 0. The highest BCUT2D eigenvalue weighted by Crippen LogP contribution is 2.34. The predicted molar refractivity (Wildman–Crippen MR) is 71.7 cm³/mol. The molecule has 0 saturated heterocycles. The van der Waals surface area contributed by atoms with Crippen LogP contribution in [0.25, 0.3) is 0 Å². The number of rotatable bonds is 5. The minimum Gasteiger partial charge on any atom is -0.395 e. The van der Waals surface area contributed by atoms with Crippen molar-refractivity contribution in [2.75, 3.05) is 6.61 Å². The summed E-state index contributed by atoms with van der Waals surface area (Å²) in [5.41, 5.74) is 8.51. The monoisotopic (exact) mass is 239 g/mol. The third kappa shape index (κ3) is 3.81. The summed E-state index contributed by atoms with van der Waals surface area (Å²) in [4.78, 5) is 0. The van der Waals surface area contributed by atoms with Crippen LogP contribution in [0.15, 0.2) is 24.3 Å². The first-order valence-electron chi connectivity index (χ1n) is 5.63. The number of nitrogens with two attached hydrogens (primary N) is 1. The molecule has 3 unspecified atom stereocenters. The molecule has 0 aromatic heterocycles. The number of hydrogen-bond acceptors (Lipinski definition) is 3. The molecule has 1 aromatic rings. The van der Waals surface area contributed by atoms with Crippen molar-refractivity contribution in [2.24, 2.45) is 5.73 Å². The highest BCUT2D eigenvalue weighted by atomic mass is 32.2. The second-order valence-corrected chi connectivity index (χ2v) is 5.90. The standard InChI is InChI=1S/C13H21NOS/c1-9-4-6-12(7-5-9)13(11(3)14)16-10(2)8-15/h4-7,10-11,13,15H,8,14H2,1-3H3. The Kier molecular flexibility index (Phi) is 5.32. The van der Waals surface area contributed by atoms with E-state index < -0.39 is 0 Å². The SMILES string of the molecule is Cc1ccc(C(SC(C)CO)C(C)N)cc1. The minimum atomic E-state index is 0.0849. The minimum absolute atomic E-state index is 0.0849. The lowest BCUT2D eigenvalue weighted by molar-refractivity contribution is 0.299. The predicted octanol–water partition coefficient (Wildman–Crippen LogP) is 2.50. The van der Waals surface area contributed by atoms with Gasteiger partial charge < -0.3 is 10.8 Å². The van der Waals surface area contributed by atoms with Crippen molar-refractivity contribution in [1.29, 1.82) is 0 Å². The van der Waals surface area contributed by atoms with Crippen molar-refractivity contribution in [3.63, 3.8) is 0 Å². The van der Waals surface area contributed by atoms with Gasteiger partial charge in [0, 0.05) is 16.5 Å². The van der Waals surface area contributed by atoms with Crippen LogP contribution in [0.1, 0.15) is 30.2 Å². The van der Waals surface area contributed by atoms with Crippen molar-refractivity contribution < 1.29 is 5.11 Å². The molecule has 3 N–H and O–H groups in total. The molecule has 0 amide bonds. The first kappa shape index (κ1) is 13.6. The van der Waals surface area contributed by atoms with E-state index in [-0.39, 0.29) is 23.1 Å². The summed E-state index contributed by atoms with van der Waals surface area (Å²) >= 11 is 1.74. The molecule has 3 heteroatoms. The van der Waals surface area contributed by atoms with Gasteiger partial charge in [-0.1, -0.05) is 36.8 Å². The van der Waals surface area contributed by atoms with Gasteiger partial charge in [0.05, 0.1) is 6.61 Å². The van der Waals surface area contributed by atoms with Crippen LogP contribution < -0.4 is 5.73 Å². The Morgan fingerprint density at radius 1 is 1.25 bits per heavy atom. The van der Waals surface area contributed by atoms with Gasteiger partial charge in [0.2, 0.25) is 0 Å². The van der Waals surface area contributed by atoms with Crippen LogP contribution in [-0.4, -0.2) is 23.0 Å². The molecule has 16 heavy (non-hydrogen) atoms. The number of aliphatic hydroxyl groups is 1. The molecular weight excluding hydrogens is 218 g/mol. The zero-order valence-electron chi connectivity index (χ0n) is 10.2. The Bertz CT molecular complexity index is 310. The van der Waals surface area contributed by atoms with Crippen LogP contribution in [-0.2, 0) is 0 Å². The van der Waals surface area contributed by atoms with E-state index in [1.54, 1.807) is 11.8 Å². The Morgan fingerprint density at radius 3 is 2.25 bits per heavy atom. The Labute approximate surface area is 102 Å². The summed E-state index contributed by atoms with van der Waals surface area (Å²) in [6, 6.07) is 8.55. The van der Waals surface area contributed by atoms with E-state index in [4.69, 9.17) is 10.8 Å². The lowest BCUT2D eigenvalue weighted by atomic mass is 10.1. The lowest BCUT2D eigenvalue weighted by Gasteiger charge is -2.23. The van der Waals surface area contributed by atoms with Crippen LogP contribution in [0.4, 0.5) is 0 Å². The van der Waals surface area contributed by atoms with Gasteiger partial charge in [-0.3, -0.25) is 0 Å². The molecule has 1 aromatic carbocycles. The second-order valence-electron chi connectivity index (χ2n) is 4.32. The number of benzene rings is 1. The Balaban J connectivity index is 2.81. The smallest absolute Gasteiger partial charge is 0.0547 e. The van der Waals surface area contributed by atoms with Gasteiger partial charge in [-0.25, -0.2) is 0 Å². The summed E-state index contributed by atoms with van der Waals surface area (Å²) in [6.07, 6.45) is 0. The fourth-order valence-electron chi connectivity index (χ4n) is 1.56. The molecule has 0 heterocycles. The van der Waals surface area contributed by atoms with E-state index in [9.17, 15) is 0 Å². The molecule has 0 radical (unpaired) electrons. The molecule has 0 saturated carbocycles. The fraction of sp³-hybridized carbons (Fsp3) is 0.538. The topological polar surface area (TPSA) is 46.2 Å². The molecule has 0 spiro atoms. The molecule has 0 bridgehead atoms. The normalized spacial score (nSPS) is 16.8. The maximum Gasteiger partial charge on any atom is 0.0547 e. The third-order valence-electron chi connectivity index (χ3n) is 2.52. The van der Waals surface area contributed by atoms with Crippen LogP contribution >= 0.6 is 11.8 Å². The van der Waals surface area contributed by atoms with Gasteiger partial charge in [-0.2, -0.15) is 0 Å². The van der Waals surface area contributed by atoms with E-state index in [0.717, 1.165) is 0 Å². The molecule has 0 aliphatic carbocycles. The zero-order valence-corrected chi connectivity index (χ0v) is 11.0. The van der Waals surface area contributed by atoms with Gasteiger partial charge in [-0.05, 0) is 19.4 Å². The molecule has 0 fully saturated rings. The van der Waals surface area contributed by atoms with E-state index in [0.29, 0.717) is 0 Å². The van der Waals surface area contributed by atoms with Gasteiger partial charge in [0.25, 0.3) is 0 Å². The van der Waals surface area contributed by atoms with Gasteiger partial charge in [-0.15, -0.1) is 11.8 Å². The largest absolute Gasteiger partial charge is 0.395 e. The van der Waals surface area contributed by atoms with Crippen molar-refractivity contribution in [3.8, 4) is 0 Å². The molecular formula is C13H21NOS. The molecule has 3 atom stereocenters. The first-order valence-corrected chi connectivity index (χ1v) is 6.57. The van der Waals surface area contributed by atoms with Gasteiger partial charge >= 0.3 is 0 Å². The molecule has 0 aliphatic heterocycles. The average Bonchev–Trinajstić information content (AvgIpc) is 2.26. The first-order chi connectivity index (χ1) is 7.54. The summed E-state index contributed by atoms with van der Waals surface area (Å²) in [5, 5.41) is 9.57. The van der Waals surface area contributed by atoms with Crippen molar-refractivity contribution in [3.05, 3.63) is 35.4 Å². The summed E-state index contributed by atoms with van der Waals surface area (Å²) < 4.78 is 0. The maximum absolute atomic E-state index is 9.09. The maximum atomic E-state index is 9.09. The quantitative estimate of drug-likeness (QED) is 0.830. The average molecular weight is 239 g/mol. The lowest BCUT2D eigenvalue weighted by Crippen LogP contribution is -2.24. The summed E-state index contributed by atoms with van der Waals surface area (Å²) in [6.45, 7) is 6.31. The van der Waals surface area contributed by atoms with Gasteiger partial charge in [0.15, 0.2) is 0 Å². The van der Waals surface area contributed by atoms with Crippen molar-refractivity contribution in [2.45, 2.75) is 37.3 Å². The highest BCUT2D eigenvalue weighted by Gasteiger charge is 2.19. The third-order valence-corrected chi connectivity index (χ3v) is 4.13. The van der Waals surface area contributed by atoms with E-state index >= 15 is 0 Å². The highest BCUT2D eigenvalue weighted by molar-refractivity contribution is 8.00. The van der Waals surface area contributed by atoms with Crippen molar-refractivity contribution in [1.82, 2.24) is 0 Å². The van der Waals surface area contributed by atoms with Gasteiger partial charge in [0.1, 0.15) is 0 Å². The van der Waals surface area contributed by atoms with Crippen LogP contribution in [0, 0.1) is 6.92 Å². The van der Waals surface area contributed by atoms with E-state index in [1.807, 2.05) is 13.8 Å². The Morgan fingerprint density at radius 2 is 1.81 bits per heavy atom. The summed E-state index contributed by atoms with van der Waals surface area (Å²) in [5.74, 6) is 0. The molecule has 1 rings (SSSR count). The van der Waals surface area contributed by atoms with Crippen LogP contribution in [0.5, 0.6) is 0 Å².